The minimum atomic E-state index is -0.534. The fraction of sp³-hybridized carbons (Fsp3) is 0.500. The Bertz CT molecular complexity index is 659. The second kappa shape index (κ2) is 7.65. The van der Waals surface area contributed by atoms with Crippen LogP contribution in [0.4, 0.5) is 5.69 Å². The number of benzene rings is 1. The van der Waals surface area contributed by atoms with Gasteiger partial charge in [0.1, 0.15) is 5.75 Å². The molecule has 1 aromatic carbocycles. The smallest absolute Gasteiger partial charge is 0.292 e. The Morgan fingerprint density at radius 2 is 1.92 bits per heavy atom. The molecule has 3 rings (SSSR count). The Morgan fingerprint density at radius 3 is 2.64 bits per heavy atom. The molecule has 2 saturated heterocycles. The zero-order valence-electron chi connectivity index (χ0n) is 14.4. The number of nitrogens with zero attached hydrogens (tertiary/aromatic N) is 1. The second-order valence-electron chi connectivity index (χ2n) is 6.39. The first-order valence-electron chi connectivity index (χ1n) is 8.82. The molecule has 0 spiro atoms. The summed E-state index contributed by atoms with van der Waals surface area (Å²) in [6, 6.07) is 6.07. The van der Waals surface area contributed by atoms with Crippen molar-refractivity contribution in [3.63, 3.8) is 0 Å². The van der Waals surface area contributed by atoms with Crippen LogP contribution in [0.1, 0.15) is 32.6 Å². The number of nitrogens with one attached hydrogen (secondary N) is 1. The van der Waals surface area contributed by atoms with Crippen LogP contribution < -0.4 is 20.3 Å². The van der Waals surface area contributed by atoms with Crippen molar-refractivity contribution in [2.45, 2.75) is 44.7 Å². The molecule has 25 heavy (non-hydrogen) atoms. The molecule has 0 bridgehead atoms. The van der Waals surface area contributed by atoms with Crippen LogP contribution in [0.15, 0.2) is 24.3 Å². The molecule has 2 fully saturated rings. The maximum atomic E-state index is 12.7. The van der Waals surface area contributed by atoms with Gasteiger partial charge in [0.05, 0.1) is 18.7 Å². The number of nitrogens with two attached hydrogens (primary N) is 1. The largest absolute Gasteiger partial charge is 0.494 e. The van der Waals surface area contributed by atoms with Crippen molar-refractivity contribution in [1.82, 2.24) is 5.32 Å². The van der Waals surface area contributed by atoms with E-state index < -0.39 is 6.04 Å². The van der Waals surface area contributed by atoms with Gasteiger partial charge in [0.15, 0.2) is 12.1 Å². The maximum Gasteiger partial charge on any atom is 0.292 e. The molecule has 0 radical (unpaired) electrons. The van der Waals surface area contributed by atoms with Gasteiger partial charge in [0, 0.05) is 13.0 Å². The van der Waals surface area contributed by atoms with Crippen molar-refractivity contribution in [3.05, 3.63) is 24.3 Å². The van der Waals surface area contributed by atoms with Crippen LogP contribution in [0, 0.1) is 0 Å². The van der Waals surface area contributed by atoms with Crippen LogP contribution >= 0.6 is 0 Å². The zero-order valence-corrected chi connectivity index (χ0v) is 14.4. The summed E-state index contributed by atoms with van der Waals surface area (Å²) >= 11 is 0. The van der Waals surface area contributed by atoms with Gasteiger partial charge in [0.2, 0.25) is 5.91 Å². The molecule has 0 aliphatic carbocycles. The van der Waals surface area contributed by atoms with Gasteiger partial charge in [-0.05, 0) is 44.0 Å². The molecule has 134 valence electrons. The molecule has 7 heteroatoms. The van der Waals surface area contributed by atoms with Crippen molar-refractivity contribution in [1.29, 1.82) is 0 Å². The molecule has 2 aliphatic rings. The first-order chi connectivity index (χ1) is 12.1. The zero-order chi connectivity index (χ0) is 17.8. The van der Waals surface area contributed by atoms with Gasteiger partial charge in [-0.2, -0.15) is 0 Å². The highest BCUT2D eigenvalue weighted by molar-refractivity contribution is 6.21. The molecule has 3 N–H and O–H groups in total. The number of carbonyl (C=O) groups is 3. The summed E-state index contributed by atoms with van der Waals surface area (Å²) < 4.78 is 5.38. The Kier molecular flexibility index (Phi) is 5.33. The van der Waals surface area contributed by atoms with E-state index in [9.17, 15) is 14.4 Å². The number of hydrogen-bond donors (Lipinski definition) is 2. The number of amides is 3. The van der Waals surface area contributed by atoms with Crippen molar-refractivity contribution >= 4 is 23.4 Å². The molecule has 0 unspecified atom stereocenters. The average Bonchev–Trinajstić information content (AvgIpc) is 2.74. The standard InChI is InChI=1S/C18H23N3O4/c1-2-25-13-8-6-12(7-9-13)21-16(22)11-15(18(21)24)20-14-5-3-4-10-19-17(14)23/h6-9,14-15,20H,2-5,10-11H2,1H3,(H,19,23)/p+1/t14-,15-/m0/s1. The third kappa shape index (κ3) is 3.82. The lowest BCUT2D eigenvalue weighted by molar-refractivity contribution is -0.696. The minimum Gasteiger partial charge on any atom is -0.494 e. The van der Waals surface area contributed by atoms with Gasteiger partial charge in [-0.1, -0.05) is 0 Å². The molecule has 2 atom stereocenters. The molecule has 1 aromatic rings. The summed E-state index contributed by atoms with van der Waals surface area (Å²) in [5, 5.41) is 4.62. The van der Waals surface area contributed by atoms with Crippen LogP contribution in [0.25, 0.3) is 0 Å². The van der Waals surface area contributed by atoms with Crippen LogP contribution in [-0.2, 0) is 14.4 Å². The van der Waals surface area contributed by atoms with Gasteiger partial charge < -0.3 is 15.4 Å². The van der Waals surface area contributed by atoms with E-state index in [2.05, 4.69) is 5.32 Å². The van der Waals surface area contributed by atoms with E-state index in [1.807, 2.05) is 6.92 Å². The van der Waals surface area contributed by atoms with Crippen LogP contribution in [0.3, 0.4) is 0 Å². The monoisotopic (exact) mass is 346 g/mol. The Morgan fingerprint density at radius 1 is 1.16 bits per heavy atom. The Hall–Kier alpha value is -2.41. The topological polar surface area (TPSA) is 92.3 Å². The van der Waals surface area contributed by atoms with Gasteiger partial charge in [0.25, 0.3) is 11.8 Å². The van der Waals surface area contributed by atoms with E-state index in [-0.39, 0.29) is 30.2 Å². The number of carbonyl (C=O) groups excluding carboxylic acids is 3. The first kappa shape index (κ1) is 17.4. The van der Waals surface area contributed by atoms with E-state index in [4.69, 9.17) is 4.74 Å². The van der Waals surface area contributed by atoms with E-state index >= 15 is 0 Å². The summed E-state index contributed by atoms with van der Waals surface area (Å²) in [6.07, 6.45) is 2.74. The third-order valence-corrected chi connectivity index (χ3v) is 4.63. The molecule has 0 saturated carbocycles. The minimum absolute atomic E-state index is 0.0442. The van der Waals surface area contributed by atoms with Gasteiger partial charge in [-0.15, -0.1) is 0 Å². The fourth-order valence-electron chi connectivity index (χ4n) is 3.36. The van der Waals surface area contributed by atoms with Gasteiger partial charge in [-0.3, -0.25) is 14.4 Å². The van der Waals surface area contributed by atoms with Gasteiger partial charge in [-0.25, -0.2) is 4.90 Å². The SMILES string of the molecule is CCOc1ccc(N2C(=O)C[C@H]([NH2+][C@H]3CCCCNC3=O)C2=O)cc1. The molecule has 7 nitrogen and oxygen atoms in total. The van der Waals surface area contributed by atoms with Crippen molar-refractivity contribution in [2.75, 3.05) is 18.1 Å². The molecule has 2 heterocycles. The van der Waals surface area contributed by atoms with E-state index in [1.165, 1.54) is 4.90 Å². The summed E-state index contributed by atoms with van der Waals surface area (Å²) in [6.45, 7) is 3.13. The highest BCUT2D eigenvalue weighted by Gasteiger charge is 2.44. The maximum absolute atomic E-state index is 12.7. The van der Waals surface area contributed by atoms with Crippen LogP contribution in [-0.4, -0.2) is 43.0 Å². The van der Waals surface area contributed by atoms with Crippen molar-refractivity contribution in [3.8, 4) is 5.75 Å². The summed E-state index contributed by atoms with van der Waals surface area (Å²) in [5.74, 6) is 0.163. The number of ether oxygens (including phenoxy) is 1. The second-order valence-corrected chi connectivity index (χ2v) is 6.39. The van der Waals surface area contributed by atoms with Gasteiger partial charge >= 0.3 is 0 Å². The van der Waals surface area contributed by atoms with E-state index in [0.29, 0.717) is 24.6 Å². The predicted molar refractivity (Wildman–Crippen MR) is 91.1 cm³/mol. The van der Waals surface area contributed by atoms with Crippen molar-refractivity contribution < 1.29 is 24.4 Å². The molecule has 2 aliphatic heterocycles. The highest BCUT2D eigenvalue weighted by Crippen LogP contribution is 2.24. The molecule has 3 amide bonds. The third-order valence-electron chi connectivity index (χ3n) is 4.63. The summed E-state index contributed by atoms with van der Waals surface area (Å²) in [5.41, 5.74) is 0.541. The number of imide groups is 1. The predicted octanol–water partition coefficient (Wildman–Crippen LogP) is -0.0507. The molecular weight excluding hydrogens is 322 g/mol. The Balaban J connectivity index is 1.70. The fourth-order valence-corrected chi connectivity index (χ4v) is 3.36. The average molecular weight is 346 g/mol. The summed E-state index contributed by atoms with van der Waals surface area (Å²) in [7, 11) is 0. The van der Waals surface area contributed by atoms with Crippen LogP contribution in [0.5, 0.6) is 5.75 Å². The lowest BCUT2D eigenvalue weighted by Crippen LogP contribution is -2.98. The normalized spacial score (nSPS) is 24.2. The number of anilines is 1. The van der Waals surface area contributed by atoms with E-state index in [1.54, 1.807) is 29.6 Å². The quantitative estimate of drug-likeness (QED) is 0.731. The number of hydrogen-bond acceptors (Lipinski definition) is 4. The van der Waals surface area contributed by atoms with Crippen LogP contribution in [0.2, 0.25) is 0 Å². The molecule has 0 aromatic heterocycles. The van der Waals surface area contributed by atoms with E-state index in [0.717, 1.165) is 19.3 Å². The lowest BCUT2D eigenvalue weighted by Gasteiger charge is -2.17. The summed E-state index contributed by atoms with van der Waals surface area (Å²) in [4.78, 5) is 38.3. The highest BCUT2D eigenvalue weighted by atomic mass is 16.5. The lowest BCUT2D eigenvalue weighted by atomic mass is 10.1. The number of rotatable bonds is 5. The first-order valence-corrected chi connectivity index (χ1v) is 8.82. The number of quaternary nitrogens is 1. The Labute approximate surface area is 146 Å². The van der Waals surface area contributed by atoms with Crippen molar-refractivity contribution in [2.24, 2.45) is 0 Å². The molecular formula is C18H24N3O4+.